The highest BCUT2D eigenvalue weighted by atomic mass is 32.1. The molecule has 2 rings (SSSR count). The number of hydrogen-bond acceptors (Lipinski definition) is 7. The Bertz CT molecular complexity index is 984. The highest BCUT2D eigenvalue weighted by molar-refractivity contribution is 7.14. The summed E-state index contributed by atoms with van der Waals surface area (Å²) >= 11 is 1.19. The molecule has 0 unspecified atom stereocenters. The van der Waals surface area contributed by atoms with Gasteiger partial charge in [0.2, 0.25) is 5.88 Å². The van der Waals surface area contributed by atoms with Gasteiger partial charge >= 0.3 is 11.7 Å². The number of carbonyl (C=O) groups is 1. The van der Waals surface area contributed by atoms with Crippen molar-refractivity contribution in [2.75, 3.05) is 7.11 Å². The molecule has 0 aliphatic heterocycles. The third-order valence-corrected chi connectivity index (χ3v) is 4.66. The molecule has 0 bridgehead atoms. The molecule has 27 heavy (non-hydrogen) atoms. The fraction of sp³-hybridized carbons (Fsp3) is 0.333. The van der Waals surface area contributed by atoms with Crippen LogP contribution in [0.1, 0.15) is 35.7 Å². The lowest BCUT2D eigenvalue weighted by molar-refractivity contribution is 0.0602. The first-order valence-corrected chi connectivity index (χ1v) is 9.21. The number of nitrogens with zero attached hydrogens (tertiary/aromatic N) is 3. The summed E-state index contributed by atoms with van der Waals surface area (Å²) in [7, 11) is 1.26. The van der Waals surface area contributed by atoms with Crippen molar-refractivity contribution in [3.8, 4) is 5.88 Å². The molecular weight excluding hydrogens is 370 g/mol. The number of aromatic hydroxyl groups is 1. The van der Waals surface area contributed by atoms with Gasteiger partial charge < -0.3 is 9.84 Å². The summed E-state index contributed by atoms with van der Waals surface area (Å²) in [6.45, 7) is 5.79. The zero-order valence-corrected chi connectivity index (χ0v) is 16.0. The maximum absolute atomic E-state index is 12.6. The maximum atomic E-state index is 12.6. The van der Waals surface area contributed by atoms with E-state index in [1.807, 2.05) is 6.92 Å². The Labute approximate surface area is 159 Å². The molecule has 144 valence electrons. The van der Waals surface area contributed by atoms with E-state index in [1.165, 1.54) is 24.5 Å². The Morgan fingerprint density at radius 1 is 1.41 bits per heavy atom. The molecule has 0 aromatic carbocycles. The molecule has 0 saturated carbocycles. The minimum absolute atomic E-state index is 0.0112. The number of ether oxygens (including phenoxy) is 1. The number of esters is 1. The van der Waals surface area contributed by atoms with E-state index in [9.17, 15) is 19.5 Å². The SMILES string of the molecule is C=CCn1c(=O)c(/C=N/c2sccc2C(=O)OC)c(O)n(CCCC)c1=O. The molecule has 1 N–H and O–H groups in total. The number of aromatic nitrogens is 2. The highest BCUT2D eigenvalue weighted by Crippen LogP contribution is 2.27. The average Bonchev–Trinajstić information content (AvgIpc) is 3.13. The summed E-state index contributed by atoms with van der Waals surface area (Å²) in [4.78, 5) is 41.0. The van der Waals surface area contributed by atoms with Crippen molar-refractivity contribution in [2.24, 2.45) is 4.99 Å². The number of rotatable bonds is 8. The summed E-state index contributed by atoms with van der Waals surface area (Å²) in [5.74, 6) is -0.997. The Hall–Kier alpha value is -2.94. The minimum Gasteiger partial charge on any atom is -0.494 e. The molecular formula is C18H21N3O5S. The van der Waals surface area contributed by atoms with Gasteiger partial charge in [-0.1, -0.05) is 19.4 Å². The van der Waals surface area contributed by atoms with E-state index in [0.717, 1.165) is 21.8 Å². The van der Waals surface area contributed by atoms with E-state index in [4.69, 9.17) is 0 Å². The van der Waals surface area contributed by atoms with Crippen LogP contribution in [-0.4, -0.2) is 33.5 Å². The lowest BCUT2D eigenvalue weighted by Crippen LogP contribution is -2.41. The van der Waals surface area contributed by atoms with Gasteiger partial charge in [-0.2, -0.15) is 0 Å². The maximum Gasteiger partial charge on any atom is 0.340 e. The largest absolute Gasteiger partial charge is 0.494 e. The molecule has 2 aromatic rings. The second-order valence-corrected chi connectivity index (χ2v) is 6.51. The van der Waals surface area contributed by atoms with Gasteiger partial charge in [0, 0.05) is 19.3 Å². The van der Waals surface area contributed by atoms with Crippen molar-refractivity contribution in [3.05, 3.63) is 56.1 Å². The van der Waals surface area contributed by atoms with Gasteiger partial charge in [0.05, 0.1) is 12.7 Å². The Morgan fingerprint density at radius 2 is 2.15 bits per heavy atom. The minimum atomic E-state index is -0.676. The quantitative estimate of drug-likeness (QED) is 0.422. The Balaban J connectivity index is 2.59. The first-order valence-electron chi connectivity index (χ1n) is 8.33. The van der Waals surface area contributed by atoms with Crippen LogP contribution in [0.25, 0.3) is 0 Å². The monoisotopic (exact) mass is 391 g/mol. The van der Waals surface area contributed by atoms with Gasteiger partial charge in [-0.3, -0.25) is 13.9 Å². The van der Waals surface area contributed by atoms with Gasteiger partial charge in [-0.15, -0.1) is 17.9 Å². The number of thiophene rings is 1. The zero-order valence-electron chi connectivity index (χ0n) is 15.2. The molecule has 2 heterocycles. The van der Waals surface area contributed by atoms with E-state index >= 15 is 0 Å². The van der Waals surface area contributed by atoms with Crippen LogP contribution in [0.5, 0.6) is 5.88 Å². The number of carbonyl (C=O) groups excluding carboxylic acids is 1. The van der Waals surface area contributed by atoms with E-state index in [1.54, 1.807) is 11.4 Å². The molecule has 9 heteroatoms. The topological polar surface area (TPSA) is 103 Å². The number of aliphatic imine (C=N–C) groups is 1. The number of methoxy groups -OCH3 is 1. The van der Waals surface area contributed by atoms with Gasteiger partial charge in [0.1, 0.15) is 10.6 Å². The molecule has 0 aliphatic carbocycles. The standard InChI is InChI=1S/C18H21N3O5S/c1-4-6-9-21-16(23)13(15(22)20(8-5-2)18(21)25)11-19-14-12(7-10-27-14)17(24)26-3/h5,7,10-11,23H,2,4,6,8-9H2,1,3H3/b19-11+. The van der Waals surface area contributed by atoms with E-state index in [-0.39, 0.29) is 24.2 Å². The Kier molecular flexibility index (Phi) is 6.89. The number of allylic oxidation sites excluding steroid dienone is 1. The first kappa shape index (κ1) is 20.4. The summed E-state index contributed by atoms with van der Waals surface area (Å²) in [5, 5.41) is 12.5. The molecule has 0 spiro atoms. The average molecular weight is 391 g/mol. The summed E-state index contributed by atoms with van der Waals surface area (Å²) in [6, 6.07) is 1.56. The predicted molar refractivity (Wildman–Crippen MR) is 105 cm³/mol. The molecule has 0 atom stereocenters. The van der Waals surface area contributed by atoms with E-state index < -0.39 is 23.1 Å². The van der Waals surface area contributed by atoms with Crippen LogP contribution in [-0.2, 0) is 17.8 Å². The van der Waals surface area contributed by atoms with Crippen LogP contribution in [0.2, 0.25) is 0 Å². The van der Waals surface area contributed by atoms with Crippen LogP contribution >= 0.6 is 11.3 Å². The lowest BCUT2D eigenvalue weighted by atomic mass is 10.3. The molecule has 0 radical (unpaired) electrons. The molecule has 0 aliphatic rings. The normalized spacial score (nSPS) is 11.0. The fourth-order valence-electron chi connectivity index (χ4n) is 2.42. The summed E-state index contributed by atoms with van der Waals surface area (Å²) in [5.41, 5.74) is -1.15. The molecule has 0 saturated heterocycles. The number of unbranched alkanes of at least 4 members (excludes halogenated alkanes) is 1. The first-order chi connectivity index (χ1) is 13.0. The van der Waals surface area contributed by atoms with Crippen LogP contribution in [0.15, 0.2) is 38.7 Å². The van der Waals surface area contributed by atoms with Crippen molar-refractivity contribution < 1.29 is 14.6 Å². The molecule has 2 aromatic heterocycles. The predicted octanol–water partition coefficient (Wildman–Crippen LogP) is 2.30. The van der Waals surface area contributed by atoms with Gasteiger partial charge in [-0.25, -0.2) is 14.6 Å². The third kappa shape index (κ3) is 4.25. The van der Waals surface area contributed by atoms with Gasteiger partial charge in [-0.05, 0) is 17.9 Å². The van der Waals surface area contributed by atoms with E-state index in [2.05, 4.69) is 16.3 Å². The Morgan fingerprint density at radius 3 is 2.78 bits per heavy atom. The highest BCUT2D eigenvalue weighted by Gasteiger charge is 2.18. The van der Waals surface area contributed by atoms with Crippen LogP contribution in [0.3, 0.4) is 0 Å². The third-order valence-electron chi connectivity index (χ3n) is 3.84. The van der Waals surface area contributed by atoms with Crippen molar-refractivity contribution in [2.45, 2.75) is 32.9 Å². The molecule has 0 amide bonds. The zero-order chi connectivity index (χ0) is 20.0. The van der Waals surface area contributed by atoms with Gasteiger partial charge in [0.25, 0.3) is 5.56 Å². The smallest absolute Gasteiger partial charge is 0.340 e. The van der Waals surface area contributed by atoms with Crippen LogP contribution in [0, 0.1) is 0 Å². The van der Waals surface area contributed by atoms with Crippen LogP contribution in [0.4, 0.5) is 5.00 Å². The summed E-state index contributed by atoms with van der Waals surface area (Å²) in [6.07, 6.45) is 4.07. The van der Waals surface area contributed by atoms with Gasteiger partial charge in [0.15, 0.2) is 0 Å². The number of hydrogen-bond donors (Lipinski definition) is 1. The van der Waals surface area contributed by atoms with Crippen molar-refractivity contribution >= 4 is 28.5 Å². The lowest BCUT2D eigenvalue weighted by Gasteiger charge is -2.13. The summed E-state index contributed by atoms with van der Waals surface area (Å²) < 4.78 is 6.82. The van der Waals surface area contributed by atoms with Crippen LogP contribution < -0.4 is 11.2 Å². The molecule has 0 fully saturated rings. The fourth-order valence-corrected chi connectivity index (χ4v) is 3.15. The van der Waals surface area contributed by atoms with E-state index in [0.29, 0.717) is 11.4 Å². The van der Waals surface area contributed by atoms with Crippen molar-refractivity contribution in [3.63, 3.8) is 0 Å². The molecule has 8 nitrogen and oxygen atoms in total. The van der Waals surface area contributed by atoms with Crippen molar-refractivity contribution in [1.29, 1.82) is 0 Å². The van der Waals surface area contributed by atoms with Crippen molar-refractivity contribution in [1.82, 2.24) is 9.13 Å². The second kappa shape index (κ2) is 9.13. The second-order valence-electron chi connectivity index (χ2n) is 5.62.